The predicted octanol–water partition coefficient (Wildman–Crippen LogP) is 0.217. The lowest BCUT2D eigenvalue weighted by Gasteiger charge is -2.28. The summed E-state index contributed by atoms with van der Waals surface area (Å²) in [7, 11) is 0. The van der Waals surface area contributed by atoms with Gasteiger partial charge in [-0.15, -0.1) is 0 Å². The number of aromatic nitrogens is 2. The Balaban J connectivity index is 2.41. The standard InChI is InChI=1S/C11H20N4O3/c1-7(18-11(2,3)4)9(12)10(16)13-5-8-14-6-17-15-8/h6-7,9H,5,12H2,1-4H3,(H,13,16)/t7-,9+/m1/s1. The van der Waals surface area contributed by atoms with Gasteiger partial charge in [0.15, 0.2) is 5.82 Å². The Morgan fingerprint density at radius 3 is 2.78 bits per heavy atom. The Bertz CT molecular complexity index is 372. The minimum absolute atomic E-state index is 0.186. The van der Waals surface area contributed by atoms with Crippen LogP contribution in [0, 0.1) is 0 Å². The highest BCUT2D eigenvalue weighted by atomic mass is 16.5. The molecule has 0 spiro atoms. The van der Waals surface area contributed by atoms with E-state index in [0.717, 1.165) is 0 Å². The molecule has 0 saturated carbocycles. The third-order valence-electron chi connectivity index (χ3n) is 2.18. The molecule has 0 aliphatic rings. The van der Waals surface area contributed by atoms with Crippen molar-refractivity contribution >= 4 is 5.91 Å². The number of hydrogen-bond donors (Lipinski definition) is 2. The van der Waals surface area contributed by atoms with Crippen LogP contribution in [0.1, 0.15) is 33.5 Å². The third-order valence-corrected chi connectivity index (χ3v) is 2.18. The summed E-state index contributed by atoms with van der Waals surface area (Å²) >= 11 is 0. The summed E-state index contributed by atoms with van der Waals surface area (Å²) in [6, 6.07) is -0.740. The lowest BCUT2D eigenvalue weighted by molar-refractivity contribution is -0.129. The smallest absolute Gasteiger partial charge is 0.239 e. The van der Waals surface area contributed by atoms with Crippen LogP contribution in [-0.4, -0.2) is 33.8 Å². The van der Waals surface area contributed by atoms with Crippen LogP contribution < -0.4 is 11.1 Å². The molecule has 2 atom stereocenters. The van der Waals surface area contributed by atoms with E-state index in [9.17, 15) is 4.79 Å². The van der Waals surface area contributed by atoms with Crippen LogP contribution >= 0.6 is 0 Å². The van der Waals surface area contributed by atoms with Gasteiger partial charge in [-0.3, -0.25) is 4.79 Å². The SMILES string of the molecule is C[C@@H](OC(C)(C)C)[C@H](N)C(=O)NCc1ncon1. The Kier molecular flexibility index (Phi) is 4.80. The topological polar surface area (TPSA) is 103 Å². The van der Waals surface area contributed by atoms with Gasteiger partial charge in [0.1, 0.15) is 6.04 Å². The van der Waals surface area contributed by atoms with Gasteiger partial charge in [0.05, 0.1) is 18.2 Å². The van der Waals surface area contributed by atoms with Crippen molar-refractivity contribution in [1.29, 1.82) is 0 Å². The van der Waals surface area contributed by atoms with Crippen LogP contribution in [0.25, 0.3) is 0 Å². The summed E-state index contributed by atoms with van der Waals surface area (Å²) in [6.45, 7) is 7.68. The Morgan fingerprint density at radius 1 is 1.61 bits per heavy atom. The first-order chi connectivity index (χ1) is 8.29. The molecule has 1 rings (SSSR count). The number of nitrogens with zero attached hydrogens (tertiary/aromatic N) is 2. The number of amides is 1. The fourth-order valence-electron chi connectivity index (χ4n) is 1.40. The van der Waals surface area contributed by atoms with E-state index >= 15 is 0 Å². The minimum atomic E-state index is -0.740. The van der Waals surface area contributed by atoms with E-state index in [1.807, 2.05) is 20.8 Å². The molecule has 0 aromatic carbocycles. The second kappa shape index (κ2) is 5.92. The molecule has 1 amide bonds. The number of nitrogens with two attached hydrogens (primary N) is 1. The zero-order valence-electron chi connectivity index (χ0n) is 11.1. The highest BCUT2D eigenvalue weighted by molar-refractivity contribution is 5.81. The fraction of sp³-hybridized carbons (Fsp3) is 0.727. The highest BCUT2D eigenvalue weighted by Gasteiger charge is 2.25. The molecule has 1 aromatic heterocycles. The molecule has 0 unspecified atom stereocenters. The van der Waals surface area contributed by atoms with E-state index in [4.69, 9.17) is 10.5 Å². The highest BCUT2D eigenvalue weighted by Crippen LogP contribution is 2.12. The monoisotopic (exact) mass is 256 g/mol. The van der Waals surface area contributed by atoms with Gasteiger partial charge in [-0.25, -0.2) is 0 Å². The van der Waals surface area contributed by atoms with Gasteiger partial charge < -0.3 is 20.3 Å². The number of carbonyl (C=O) groups excluding carboxylic acids is 1. The third kappa shape index (κ3) is 4.80. The van der Waals surface area contributed by atoms with Crippen molar-refractivity contribution in [3.05, 3.63) is 12.2 Å². The van der Waals surface area contributed by atoms with Gasteiger partial charge in [0.25, 0.3) is 0 Å². The van der Waals surface area contributed by atoms with E-state index < -0.39 is 6.04 Å². The number of ether oxygens (including phenoxy) is 1. The van der Waals surface area contributed by atoms with Gasteiger partial charge in [0.2, 0.25) is 12.3 Å². The predicted molar refractivity (Wildman–Crippen MR) is 64.4 cm³/mol. The number of nitrogens with one attached hydrogen (secondary N) is 1. The number of rotatable bonds is 5. The Hall–Kier alpha value is -1.47. The fourth-order valence-corrected chi connectivity index (χ4v) is 1.40. The molecular weight excluding hydrogens is 236 g/mol. The van der Waals surface area contributed by atoms with Gasteiger partial charge in [-0.1, -0.05) is 5.16 Å². The molecule has 0 fully saturated rings. The van der Waals surface area contributed by atoms with Gasteiger partial charge in [0, 0.05) is 0 Å². The summed E-state index contributed by atoms with van der Waals surface area (Å²) in [4.78, 5) is 15.6. The molecule has 7 heteroatoms. The molecule has 1 heterocycles. The molecule has 0 saturated heterocycles. The molecule has 0 aliphatic heterocycles. The summed E-state index contributed by atoms with van der Waals surface area (Å²) in [5, 5.41) is 6.20. The summed E-state index contributed by atoms with van der Waals surface area (Å²) in [5.74, 6) is 0.0940. The summed E-state index contributed by atoms with van der Waals surface area (Å²) in [6.07, 6.45) is 0.822. The minimum Gasteiger partial charge on any atom is -0.371 e. The average molecular weight is 256 g/mol. The lowest BCUT2D eigenvalue weighted by Crippen LogP contribution is -2.49. The second-order valence-electron chi connectivity index (χ2n) is 5.03. The van der Waals surface area contributed by atoms with Gasteiger partial charge >= 0.3 is 0 Å². The molecule has 7 nitrogen and oxygen atoms in total. The number of hydrogen-bond acceptors (Lipinski definition) is 6. The van der Waals surface area contributed by atoms with Crippen molar-refractivity contribution in [2.45, 2.75) is 52.0 Å². The zero-order valence-corrected chi connectivity index (χ0v) is 11.1. The second-order valence-corrected chi connectivity index (χ2v) is 5.03. The maximum Gasteiger partial charge on any atom is 0.239 e. The summed E-state index contributed by atoms with van der Waals surface area (Å²) < 4.78 is 10.2. The van der Waals surface area contributed by atoms with Crippen LogP contribution in [0.4, 0.5) is 0 Å². The van der Waals surface area contributed by atoms with Crippen molar-refractivity contribution < 1.29 is 14.1 Å². The Morgan fingerprint density at radius 2 is 2.28 bits per heavy atom. The normalized spacial score (nSPS) is 15.2. The van der Waals surface area contributed by atoms with Gasteiger partial charge in [-0.05, 0) is 27.7 Å². The molecule has 0 aliphatic carbocycles. The average Bonchev–Trinajstić information content (AvgIpc) is 2.75. The van der Waals surface area contributed by atoms with E-state index in [1.165, 1.54) is 6.39 Å². The first kappa shape index (κ1) is 14.6. The van der Waals surface area contributed by atoms with Crippen molar-refractivity contribution in [3.63, 3.8) is 0 Å². The van der Waals surface area contributed by atoms with E-state index in [-0.39, 0.29) is 24.2 Å². The van der Waals surface area contributed by atoms with E-state index in [1.54, 1.807) is 6.92 Å². The van der Waals surface area contributed by atoms with Crippen molar-refractivity contribution in [3.8, 4) is 0 Å². The zero-order chi connectivity index (χ0) is 13.8. The van der Waals surface area contributed by atoms with Crippen molar-refractivity contribution in [1.82, 2.24) is 15.5 Å². The van der Waals surface area contributed by atoms with E-state index in [0.29, 0.717) is 5.82 Å². The van der Waals surface area contributed by atoms with Crippen LogP contribution in [0.3, 0.4) is 0 Å². The molecule has 0 bridgehead atoms. The molecule has 0 radical (unpaired) electrons. The largest absolute Gasteiger partial charge is 0.371 e. The number of carbonyl (C=O) groups is 1. The van der Waals surface area contributed by atoms with Crippen molar-refractivity contribution in [2.24, 2.45) is 5.73 Å². The van der Waals surface area contributed by atoms with Crippen LogP contribution in [-0.2, 0) is 16.1 Å². The molecule has 102 valence electrons. The maximum absolute atomic E-state index is 11.8. The molecule has 1 aromatic rings. The molecular formula is C11H20N4O3. The molecule has 18 heavy (non-hydrogen) atoms. The first-order valence-corrected chi connectivity index (χ1v) is 5.76. The van der Waals surface area contributed by atoms with E-state index in [2.05, 4.69) is 20.0 Å². The Labute approximate surface area is 106 Å². The van der Waals surface area contributed by atoms with Crippen LogP contribution in [0.5, 0.6) is 0 Å². The lowest BCUT2D eigenvalue weighted by atomic mass is 10.1. The maximum atomic E-state index is 11.8. The summed E-state index contributed by atoms with van der Waals surface area (Å²) in [5.41, 5.74) is 5.46. The van der Waals surface area contributed by atoms with Gasteiger partial charge in [-0.2, -0.15) is 4.98 Å². The van der Waals surface area contributed by atoms with Crippen LogP contribution in [0.15, 0.2) is 10.9 Å². The van der Waals surface area contributed by atoms with Crippen molar-refractivity contribution in [2.75, 3.05) is 0 Å². The molecule has 3 N–H and O–H groups in total. The quantitative estimate of drug-likeness (QED) is 0.781. The first-order valence-electron chi connectivity index (χ1n) is 5.76. The van der Waals surface area contributed by atoms with Crippen LogP contribution in [0.2, 0.25) is 0 Å².